The average Bonchev–Trinajstić information content (AvgIpc) is 2.49. The van der Waals surface area contributed by atoms with Crippen molar-refractivity contribution in [3.63, 3.8) is 0 Å². The van der Waals surface area contributed by atoms with E-state index in [4.69, 9.17) is 0 Å². The summed E-state index contributed by atoms with van der Waals surface area (Å²) in [6.07, 6.45) is 7.03. The lowest BCUT2D eigenvalue weighted by molar-refractivity contribution is 0.303. The molecule has 19 heavy (non-hydrogen) atoms. The van der Waals surface area contributed by atoms with Crippen LogP contribution in [0, 0.1) is 0 Å². The van der Waals surface area contributed by atoms with E-state index >= 15 is 0 Å². The maximum absolute atomic E-state index is 3.65. The van der Waals surface area contributed by atoms with Crippen LogP contribution in [0.3, 0.4) is 0 Å². The third-order valence-corrected chi connectivity index (χ3v) is 4.92. The summed E-state index contributed by atoms with van der Waals surface area (Å²) in [5.74, 6) is 0.813. The van der Waals surface area contributed by atoms with Crippen molar-refractivity contribution in [2.24, 2.45) is 0 Å². The fourth-order valence-corrected chi connectivity index (χ4v) is 3.59. The Hall–Kier alpha value is -0.860. The first-order valence-electron chi connectivity index (χ1n) is 7.84. The number of hydrogen-bond acceptors (Lipinski definition) is 2. The van der Waals surface area contributed by atoms with Crippen molar-refractivity contribution in [3.8, 4) is 0 Å². The van der Waals surface area contributed by atoms with E-state index in [1.165, 1.54) is 37.7 Å². The first-order valence-corrected chi connectivity index (χ1v) is 7.84. The van der Waals surface area contributed by atoms with Crippen LogP contribution in [0.5, 0.6) is 0 Å². The fraction of sp³-hybridized carbons (Fsp3) is 0.647. The molecule has 2 heteroatoms. The summed E-state index contributed by atoms with van der Waals surface area (Å²) in [4.78, 5) is 0. The molecule has 1 aliphatic heterocycles. The molecule has 0 radical (unpaired) electrons. The second kappa shape index (κ2) is 5.64. The summed E-state index contributed by atoms with van der Waals surface area (Å²) < 4.78 is 0. The molecule has 2 nitrogen and oxygen atoms in total. The van der Waals surface area contributed by atoms with Gasteiger partial charge in [0.25, 0.3) is 0 Å². The fourth-order valence-electron chi connectivity index (χ4n) is 3.59. The minimum absolute atomic E-state index is 0.101. The molecule has 1 saturated carbocycles. The van der Waals surface area contributed by atoms with Gasteiger partial charge in [-0.15, -0.1) is 0 Å². The van der Waals surface area contributed by atoms with Crippen LogP contribution in [0.1, 0.15) is 56.1 Å². The predicted octanol–water partition coefficient (Wildman–Crippen LogP) is 3.14. The number of benzene rings is 1. The van der Waals surface area contributed by atoms with Crippen LogP contribution < -0.4 is 10.6 Å². The Bertz CT molecular complexity index is 398. The summed E-state index contributed by atoms with van der Waals surface area (Å²) in [5, 5.41) is 7.14. The molecule has 0 amide bonds. The van der Waals surface area contributed by atoms with Gasteiger partial charge in [-0.2, -0.15) is 0 Å². The molecular formula is C17H26N2. The molecule has 3 rings (SSSR count). The van der Waals surface area contributed by atoms with Gasteiger partial charge in [0.05, 0.1) is 5.54 Å². The Morgan fingerprint density at radius 1 is 1.00 bits per heavy atom. The molecule has 1 atom stereocenters. The minimum Gasteiger partial charge on any atom is -0.313 e. The molecule has 0 aromatic heterocycles. The Labute approximate surface area is 117 Å². The summed E-state index contributed by atoms with van der Waals surface area (Å²) >= 11 is 0. The number of piperazine rings is 1. The monoisotopic (exact) mass is 258 g/mol. The van der Waals surface area contributed by atoms with E-state index in [2.05, 4.69) is 41.8 Å². The molecule has 1 heterocycles. The van der Waals surface area contributed by atoms with Crippen LogP contribution in [0.4, 0.5) is 0 Å². The highest BCUT2D eigenvalue weighted by Gasteiger charge is 2.28. The molecule has 1 aliphatic carbocycles. The van der Waals surface area contributed by atoms with Gasteiger partial charge in [-0.25, -0.2) is 0 Å². The topological polar surface area (TPSA) is 24.1 Å². The molecule has 1 aromatic carbocycles. The summed E-state index contributed by atoms with van der Waals surface area (Å²) in [6, 6.07) is 9.41. The van der Waals surface area contributed by atoms with E-state index in [1.807, 2.05) is 0 Å². The van der Waals surface area contributed by atoms with Crippen molar-refractivity contribution in [1.29, 1.82) is 0 Å². The van der Waals surface area contributed by atoms with Gasteiger partial charge < -0.3 is 10.6 Å². The number of hydrogen-bond donors (Lipinski definition) is 2. The van der Waals surface area contributed by atoms with Crippen molar-refractivity contribution in [2.45, 2.75) is 50.5 Å². The molecule has 1 aromatic rings. The average molecular weight is 258 g/mol. The van der Waals surface area contributed by atoms with Crippen LogP contribution >= 0.6 is 0 Å². The lowest BCUT2D eigenvalue weighted by Gasteiger charge is -2.36. The third-order valence-electron chi connectivity index (χ3n) is 4.92. The second-order valence-corrected chi connectivity index (χ2v) is 6.39. The Kier molecular flexibility index (Phi) is 3.90. The standard InChI is InChI=1S/C17H26N2/c1-17(13-18-11-12-19-17)16-9-7-15(8-10-16)14-5-3-2-4-6-14/h7-10,14,18-19H,2-6,11-13H2,1H3. The van der Waals surface area contributed by atoms with Gasteiger partial charge in [-0.3, -0.25) is 0 Å². The van der Waals surface area contributed by atoms with E-state index in [0.29, 0.717) is 0 Å². The smallest absolute Gasteiger partial charge is 0.0532 e. The van der Waals surface area contributed by atoms with Gasteiger partial charge in [0.15, 0.2) is 0 Å². The zero-order valence-corrected chi connectivity index (χ0v) is 12.0. The maximum Gasteiger partial charge on any atom is 0.0532 e. The van der Waals surface area contributed by atoms with Crippen molar-refractivity contribution < 1.29 is 0 Å². The van der Waals surface area contributed by atoms with Crippen molar-refractivity contribution in [2.75, 3.05) is 19.6 Å². The summed E-state index contributed by atoms with van der Waals surface area (Å²) in [6.45, 7) is 5.46. The van der Waals surface area contributed by atoms with E-state index in [9.17, 15) is 0 Å². The molecule has 1 saturated heterocycles. The van der Waals surface area contributed by atoms with Crippen LogP contribution in [0.2, 0.25) is 0 Å². The highest BCUT2D eigenvalue weighted by atomic mass is 15.1. The van der Waals surface area contributed by atoms with Crippen molar-refractivity contribution in [3.05, 3.63) is 35.4 Å². The summed E-state index contributed by atoms with van der Waals surface area (Å²) in [7, 11) is 0. The van der Waals surface area contributed by atoms with E-state index in [0.717, 1.165) is 25.6 Å². The molecule has 2 N–H and O–H groups in total. The van der Waals surface area contributed by atoms with Crippen LogP contribution in [0.15, 0.2) is 24.3 Å². The SMILES string of the molecule is CC1(c2ccc(C3CCCCC3)cc2)CNCCN1. The van der Waals surface area contributed by atoms with Crippen molar-refractivity contribution in [1.82, 2.24) is 10.6 Å². The van der Waals surface area contributed by atoms with Crippen LogP contribution in [0.25, 0.3) is 0 Å². The zero-order chi connectivity index (χ0) is 13.1. The third kappa shape index (κ3) is 2.85. The number of rotatable bonds is 2. The Balaban J connectivity index is 1.74. The zero-order valence-electron chi connectivity index (χ0n) is 12.0. The number of nitrogens with one attached hydrogen (secondary N) is 2. The van der Waals surface area contributed by atoms with Gasteiger partial charge >= 0.3 is 0 Å². The summed E-state index contributed by atoms with van der Waals surface area (Å²) in [5.41, 5.74) is 3.07. The van der Waals surface area contributed by atoms with Gasteiger partial charge in [0, 0.05) is 19.6 Å². The predicted molar refractivity (Wildman–Crippen MR) is 80.5 cm³/mol. The lowest BCUT2D eigenvalue weighted by atomic mass is 9.82. The quantitative estimate of drug-likeness (QED) is 0.851. The molecule has 2 fully saturated rings. The second-order valence-electron chi connectivity index (χ2n) is 6.39. The van der Waals surface area contributed by atoms with Gasteiger partial charge in [0.2, 0.25) is 0 Å². The Morgan fingerprint density at radius 2 is 1.74 bits per heavy atom. The van der Waals surface area contributed by atoms with Crippen LogP contribution in [-0.4, -0.2) is 19.6 Å². The van der Waals surface area contributed by atoms with E-state index < -0.39 is 0 Å². The van der Waals surface area contributed by atoms with Gasteiger partial charge in [-0.1, -0.05) is 43.5 Å². The first kappa shape index (κ1) is 13.1. The minimum atomic E-state index is 0.101. The molecule has 0 spiro atoms. The van der Waals surface area contributed by atoms with Crippen molar-refractivity contribution >= 4 is 0 Å². The van der Waals surface area contributed by atoms with E-state index in [1.54, 1.807) is 5.56 Å². The van der Waals surface area contributed by atoms with E-state index in [-0.39, 0.29) is 5.54 Å². The highest BCUT2D eigenvalue weighted by Crippen LogP contribution is 2.33. The molecule has 2 aliphatic rings. The van der Waals surface area contributed by atoms with Gasteiger partial charge in [-0.05, 0) is 36.8 Å². The Morgan fingerprint density at radius 3 is 2.37 bits per heavy atom. The maximum atomic E-state index is 3.65. The first-order chi connectivity index (χ1) is 9.28. The van der Waals surface area contributed by atoms with Gasteiger partial charge in [0.1, 0.15) is 0 Å². The van der Waals surface area contributed by atoms with Crippen LogP contribution in [-0.2, 0) is 5.54 Å². The molecule has 104 valence electrons. The normalized spacial score (nSPS) is 29.3. The highest BCUT2D eigenvalue weighted by molar-refractivity contribution is 5.31. The molecule has 1 unspecified atom stereocenters. The molecule has 0 bridgehead atoms. The lowest BCUT2D eigenvalue weighted by Crippen LogP contribution is -2.54. The largest absolute Gasteiger partial charge is 0.313 e. The molecular weight excluding hydrogens is 232 g/mol.